The lowest BCUT2D eigenvalue weighted by molar-refractivity contribution is 0.0205. The predicted octanol–water partition coefficient (Wildman–Crippen LogP) is 0.610. The second-order valence-corrected chi connectivity index (χ2v) is 5.06. The van der Waals surface area contributed by atoms with Crippen LogP contribution in [0, 0.1) is 6.92 Å². The molecule has 0 aromatic carbocycles. The van der Waals surface area contributed by atoms with Crippen molar-refractivity contribution in [3.05, 3.63) is 11.4 Å². The van der Waals surface area contributed by atoms with Crippen LogP contribution in [0.1, 0.15) is 35.9 Å². The molecule has 2 rings (SSSR count). The molecule has 100 valence electrons. The molecule has 1 aliphatic rings. The fourth-order valence-corrected chi connectivity index (χ4v) is 2.27. The van der Waals surface area contributed by atoms with Gasteiger partial charge in [0.2, 0.25) is 0 Å². The van der Waals surface area contributed by atoms with Crippen LogP contribution in [0.25, 0.3) is 0 Å². The van der Waals surface area contributed by atoms with Crippen LogP contribution in [0.4, 0.5) is 5.69 Å². The van der Waals surface area contributed by atoms with Gasteiger partial charge in [-0.25, -0.2) is 0 Å². The Morgan fingerprint density at radius 1 is 1.67 bits per heavy atom. The number of hydrogen-bond acceptors (Lipinski definition) is 4. The number of nitrogens with two attached hydrogens (primary N) is 1. The van der Waals surface area contributed by atoms with Crippen LogP contribution >= 0.6 is 0 Å². The van der Waals surface area contributed by atoms with E-state index >= 15 is 0 Å². The Kier molecular flexibility index (Phi) is 3.30. The van der Waals surface area contributed by atoms with E-state index in [1.54, 1.807) is 14.0 Å². The summed E-state index contributed by atoms with van der Waals surface area (Å²) in [5.41, 5.74) is 7.11. The zero-order valence-electron chi connectivity index (χ0n) is 11.1. The van der Waals surface area contributed by atoms with E-state index in [0.717, 1.165) is 19.4 Å². The zero-order chi connectivity index (χ0) is 13.3. The van der Waals surface area contributed by atoms with E-state index in [1.807, 2.05) is 6.92 Å². The SMILES string of the molecule is Cc1nn(C)c(C(=O)NCC2(C)CCCO2)c1N. The molecule has 1 unspecified atom stereocenters. The summed E-state index contributed by atoms with van der Waals surface area (Å²) < 4.78 is 7.14. The van der Waals surface area contributed by atoms with Gasteiger partial charge in [-0.2, -0.15) is 5.10 Å². The summed E-state index contributed by atoms with van der Waals surface area (Å²) in [6.45, 7) is 5.06. The third-order valence-corrected chi connectivity index (χ3v) is 3.41. The maximum atomic E-state index is 12.1. The van der Waals surface area contributed by atoms with Crippen molar-refractivity contribution in [2.45, 2.75) is 32.3 Å². The largest absolute Gasteiger partial charge is 0.395 e. The predicted molar refractivity (Wildman–Crippen MR) is 68.3 cm³/mol. The van der Waals surface area contributed by atoms with Gasteiger partial charge in [0.05, 0.1) is 17.0 Å². The molecule has 1 atom stereocenters. The molecule has 0 spiro atoms. The Morgan fingerprint density at radius 3 is 2.89 bits per heavy atom. The fourth-order valence-electron chi connectivity index (χ4n) is 2.27. The average molecular weight is 252 g/mol. The average Bonchev–Trinajstić information content (AvgIpc) is 2.83. The van der Waals surface area contributed by atoms with Crippen molar-refractivity contribution < 1.29 is 9.53 Å². The third kappa shape index (κ3) is 2.33. The van der Waals surface area contributed by atoms with Gasteiger partial charge in [-0.3, -0.25) is 9.48 Å². The highest BCUT2D eigenvalue weighted by molar-refractivity contribution is 5.97. The van der Waals surface area contributed by atoms with Gasteiger partial charge >= 0.3 is 0 Å². The van der Waals surface area contributed by atoms with Crippen molar-refractivity contribution in [2.24, 2.45) is 7.05 Å². The molecule has 3 N–H and O–H groups in total. The standard InChI is InChI=1S/C12H20N4O2/c1-8-9(13)10(16(3)15-8)11(17)14-7-12(2)5-4-6-18-12/h4-7,13H2,1-3H3,(H,14,17). The number of aromatic nitrogens is 2. The van der Waals surface area contributed by atoms with Gasteiger partial charge in [0.15, 0.2) is 0 Å². The first-order valence-corrected chi connectivity index (χ1v) is 6.14. The molecule has 6 nitrogen and oxygen atoms in total. The lowest BCUT2D eigenvalue weighted by atomic mass is 10.0. The summed E-state index contributed by atoms with van der Waals surface area (Å²) in [7, 11) is 1.71. The highest BCUT2D eigenvalue weighted by Crippen LogP contribution is 2.24. The molecular formula is C12H20N4O2. The monoisotopic (exact) mass is 252 g/mol. The molecule has 1 saturated heterocycles. The molecule has 1 aromatic heterocycles. The maximum absolute atomic E-state index is 12.1. The van der Waals surface area contributed by atoms with E-state index in [4.69, 9.17) is 10.5 Å². The first-order valence-electron chi connectivity index (χ1n) is 6.14. The molecule has 0 bridgehead atoms. The number of carbonyl (C=O) groups is 1. The summed E-state index contributed by atoms with van der Waals surface area (Å²) in [5, 5.41) is 7.00. The number of carbonyl (C=O) groups excluding carboxylic acids is 1. The van der Waals surface area contributed by atoms with Crippen LogP contribution in [0.2, 0.25) is 0 Å². The van der Waals surface area contributed by atoms with Crippen molar-refractivity contribution in [3.8, 4) is 0 Å². The van der Waals surface area contributed by atoms with E-state index in [-0.39, 0.29) is 11.5 Å². The van der Waals surface area contributed by atoms with Crippen LogP contribution in [-0.2, 0) is 11.8 Å². The number of aryl methyl sites for hydroxylation is 2. The van der Waals surface area contributed by atoms with Gasteiger partial charge < -0.3 is 15.8 Å². The van der Waals surface area contributed by atoms with Gasteiger partial charge in [0.1, 0.15) is 5.69 Å². The minimum Gasteiger partial charge on any atom is -0.395 e. The summed E-state index contributed by atoms with van der Waals surface area (Å²) >= 11 is 0. The summed E-state index contributed by atoms with van der Waals surface area (Å²) in [5.74, 6) is -0.202. The number of nitrogens with zero attached hydrogens (tertiary/aromatic N) is 2. The number of hydrogen-bond donors (Lipinski definition) is 2. The summed E-state index contributed by atoms with van der Waals surface area (Å²) in [6, 6.07) is 0. The molecule has 6 heteroatoms. The molecule has 0 radical (unpaired) electrons. The van der Waals surface area contributed by atoms with Crippen LogP contribution in [-0.4, -0.2) is 34.4 Å². The van der Waals surface area contributed by atoms with Crippen molar-refractivity contribution in [1.29, 1.82) is 0 Å². The molecule has 0 aliphatic carbocycles. The van der Waals surface area contributed by atoms with Gasteiger partial charge in [-0.15, -0.1) is 0 Å². The zero-order valence-corrected chi connectivity index (χ0v) is 11.1. The van der Waals surface area contributed by atoms with Crippen molar-refractivity contribution in [1.82, 2.24) is 15.1 Å². The number of ether oxygens (including phenoxy) is 1. The highest BCUT2D eigenvalue weighted by Gasteiger charge is 2.30. The quantitative estimate of drug-likeness (QED) is 0.825. The minimum atomic E-state index is -0.252. The van der Waals surface area contributed by atoms with Crippen LogP contribution in [0.15, 0.2) is 0 Å². The Morgan fingerprint density at radius 2 is 2.39 bits per heavy atom. The molecular weight excluding hydrogens is 232 g/mol. The number of anilines is 1. The minimum absolute atomic E-state index is 0.202. The smallest absolute Gasteiger partial charge is 0.271 e. The van der Waals surface area contributed by atoms with Crippen LogP contribution in [0.3, 0.4) is 0 Å². The fraction of sp³-hybridized carbons (Fsp3) is 0.667. The van der Waals surface area contributed by atoms with Gasteiger partial charge in [0.25, 0.3) is 5.91 Å². The summed E-state index contributed by atoms with van der Waals surface area (Å²) in [4.78, 5) is 12.1. The molecule has 1 amide bonds. The van der Waals surface area contributed by atoms with E-state index in [1.165, 1.54) is 4.68 Å². The van der Waals surface area contributed by atoms with Gasteiger partial charge in [-0.1, -0.05) is 0 Å². The van der Waals surface area contributed by atoms with Gasteiger partial charge in [0, 0.05) is 20.2 Å². The summed E-state index contributed by atoms with van der Waals surface area (Å²) in [6.07, 6.45) is 2.01. The van der Waals surface area contributed by atoms with Crippen molar-refractivity contribution in [3.63, 3.8) is 0 Å². The third-order valence-electron chi connectivity index (χ3n) is 3.41. The van der Waals surface area contributed by atoms with E-state index in [0.29, 0.717) is 23.6 Å². The number of nitrogen functional groups attached to an aromatic ring is 1. The van der Waals surface area contributed by atoms with Crippen molar-refractivity contribution in [2.75, 3.05) is 18.9 Å². The maximum Gasteiger partial charge on any atom is 0.271 e. The second-order valence-electron chi connectivity index (χ2n) is 5.06. The Bertz CT molecular complexity index is 461. The van der Waals surface area contributed by atoms with Crippen LogP contribution < -0.4 is 11.1 Å². The number of amides is 1. The number of nitrogens with one attached hydrogen (secondary N) is 1. The number of rotatable bonds is 3. The molecule has 1 aromatic rings. The van der Waals surface area contributed by atoms with Gasteiger partial charge in [-0.05, 0) is 26.7 Å². The highest BCUT2D eigenvalue weighted by atomic mass is 16.5. The van der Waals surface area contributed by atoms with Crippen molar-refractivity contribution >= 4 is 11.6 Å². The molecule has 0 saturated carbocycles. The first kappa shape index (κ1) is 12.9. The molecule has 18 heavy (non-hydrogen) atoms. The molecule has 1 fully saturated rings. The van der Waals surface area contributed by atoms with Crippen LogP contribution in [0.5, 0.6) is 0 Å². The second kappa shape index (κ2) is 4.61. The topological polar surface area (TPSA) is 82.2 Å². The molecule has 1 aliphatic heterocycles. The van der Waals surface area contributed by atoms with E-state index in [9.17, 15) is 4.79 Å². The first-order chi connectivity index (χ1) is 8.43. The lowest BCUT2D eigenvalue weighted by Crippen LogP contribution is -2.40. The molecule has 2 heterocycles. The van der Waals surface area contributed by atoms with E-state index < -0.39 is 0 Å². The Labute approximate surface area is 106 Å². The van der Waals surface area contributed by atoms with E-state index in [2.05, 4.69) is 10.4 Å². The Balaban J connectivity index is 2.04. The lowest BCUT2D eigenvalue weighted by Gasteiger charge is -2.23. The normalized spacial score (nSPS) is 23.3. The Hall–Kier alpha value is -1.56.